The Morgan fingerprint density at radius 1 is 1.14 bits per heavy atom. The predicted octanol–water partition coefficient (Wildman–Crippen LogP) is 2.63. The molecule has 1 saturated heterocycles. The van der Waals surface area contributed by atoms with Crippen molar-refractivity contribution in [2.45, 2.75) is 37.6 Å². The summed E-state index contributed by atoms with van der Waals surface area (Å²) in [5.41, 5.74) is 2.06. The van der Waals surface area contributed by atoms with E-state index >= 15 is 0 Å². The highest BCUT2D eigenvalue weighted by molar-refractivity contribution is 7.89. The SMILES string of the molecule is COc1ccc(S(=O)(=O)N2C(=O)CC[C@H]2C(=O)Nc2ccccc2C)cc1C. The topological polar surface area (TPSA) is 92.8 Å². The van der Waals surface area contributed by atoms with Crippen molar-refractivity contribution in [1.82, 2.24) is 4.31 Å². The third kappa shape index (κ3) is 3.60. The van der Waals surface area contributed by atoms with Gasteiger partial charge in [-0.3, -0.25) is 9.59 Å². The van der Waals surface area contributed by atoms with Crippen LogP contribution < -0.4 is 10.1 Å². The van der Waals surface area contributed by atoms with Crippen LogP contribution in [0.25, 0.3) is 0 Å². The van der Waals surface area contributed by atoms with Crippen molar-refractivity contribution < 1.29 is 22.7 Å². The standard InChI is InChI=1S/C20H22N2O5S/c1-13-6-4-5-7-16(13)21-20(24)17-9-11-19(23)22(17)28(25,26)15-8-10-18(27-3)14(2)12-15/h4-8,10,12,17H,9,11H2,1-3H3,(H,21,24)/t17-/m0/s1. The summed E-state index contributed by atoms with van der Waals surface area (Å²) in [6.07, 6.45) is 0.144. The minimum atomic E-state index is -4.16. The molecule has 0 aliphatic carbocycles. The van der Waals surface area contributed by atoms with Crippen LogP contribution in [0.1, 0.15) is 24.0 Å². The van der Waals surface area contributed by atoms with Crippen molar-refractivity contribution in [2.24, 2.45) is 0 Å². The van der Waals surface area contributed by atoms with E-state index in [2.05, 4.69) is 5.32 Å². The minimum absolute atomic E-state index is 0.000224. The highest BCUT2D eigenvalue weighted by atomic mass is 32.2. The third-order valence-corrected chi connectivity index (χ3v) is 6.61. The molecule has 1 heterocycles. The Balaban J connectivity index is 1.92. The molecule has 1 aliphatic heterocycles. The first-order valence-electron chi connectivity index (χ1n) is 8.84. The van der Waals surface area contributed by atoms with E-state index in [-0.39, 0.29) is 17.7 Å². The Morgan fingerprint density at radius 2 is 1.86 bits per heavy atom. The number of methoxy groups -OCH3 is 1. The van der Waals surface area contributed by atoms with E-state index in [4.69, 9.17) is 4.74 Å². The number of nitrogens with one attached hydrogen (secondary N) is 1. The van der Waals surface area contributed by atoms with Gasteiger partial charge in [-0.05, 0) is 55.7 Å². The number of carbonyl (C=O) groups excluding carboxylic acids is 2. The third-order valence-electron chi connectivity index (χ3n) is 4.79. The molecule has 1 N–H and O–H groups in total. The summed E-state index contributed by atoms with van der Waals surface area (Å²) in [5, 5.41) is 2.74. The Kier molecular flexibility index (Phi) is 5.42. The monoisotopic (exact) mass is 402 g/mol. The number of carbonyl (C=O) groups is 2. The number of nitrogens with zero attached hydrogens (tertiary/aromatic N) is 1. The summed E-state index contributed by atoms with van der Waals surface area (Å²) in [6.45, 7) is 3.55. The van der Waals surface area contributed by atoms with E-state index in [1.54, 1.807) is 19.1 Å². The Hall–Kier alpha value is -2.87. The zero-order chi connectivity index (χ0) is 20.5. The number of hydrogen-bond donors (Lipinski definition) is 1. The lowest BCUT2D eigenvalue weighted by Gasteiger charge is -2.24. The Morgan fingerprint density at radius 3 is 2.50 bits per heavy atom. The van der Waals surface area contributed by atoms with E-state index in [9.17, 15) is 18.0 Å². The van der Waals surface area contributed by atoms with Crippen LogP contribution in [-0.2, 0) is 19.6 Å². The van der Waals surface area contributed by atoms with Crippen LogP contribution in [-0.4, -0.2) is 37.7 Å². The average Bonchev–Trinajstić information content (AvgIpc) is 3.06. The lowest BCUT2D eigenvalue weighted by Crippen LogP contribution is -2.45. The lowest BCUT2D eigenvalue weighted by molar-refractivity contribution is -0.128. The molecule has 0 saturated carbocycles. The van der Waals surface area contributed by atoms with E-state index in [0.29, 0.717) is 21.3 Å². The van der Waals surface area contributed by atoms with Gasteiger partial charge in [-0.2, -0.15) is 0 Å². The molecule has 1 atom stereocenters. The maximum absolute atomic E-state index is 13.1. The van der Waals surface area contributed by atoms with Crippen LogP contribution in [0, 0.1) is 13.8 Å². The molecule has 1 aliphatic rings. The van der Waals surface area contributed by atoms with Gasteiger partial charge in [0.25, 0.3) is 10.0 Å². The maximum Gasteiger partial charge on any atom is 0.267 e. The first kappa shape index (κ1) is 19.9. The second kappa shape index (κ2) is 7.63. The van der Waals surface area contributed by atoms with E-state index in [0.717, 1.165) is 5.56 Å². The normalized spacial score (nSPS) is 16.9. The Labute approximate surface area is 164 Å². The van der Waals surface area contributed by atoms with Crippen molar-refractivity contribution in [3.63, 3.8) is 0 Å². The van der Waals surface area contributed by atoms with Gasteiger partial charge in [0.1, 0.15) is 11.8 Å². The van der Waals surface area contributed by atoms with Crippen LogP contribution in [0.2, 0.25) is 0 Å². The van der Waals surface area contributed by atoms with Gasteiger partial charge in [-0.1, -0.05) is 18.2 Å². The fraction of sp³-hybridized carbons (Fsp3) is 0.300. The van der Waals surface area contributed by atoms with Gasteiger partial charge >= 0.3 is 0 Å². The summed E-state index contributed by atoms with van der Waals surface area (Å²) < 4.78 is 32.1. The molecule has 2 amide bonds. The first-order valence-corrected chi connectivity index (χ1v) is 10.3. The number of anilines is 1. The van der Waals surface area contributed by atoms with Gasteiger partial charge in [-0.15, -0.1) is 0 Å². The van der Waals surface area contributed by atoms with Crippen molar-refractivity contribution in [3.8, 4) is 5.75 Å². The molecule has 8 heteroatoms. The number of aryl methyl sites for hydroxylation is 2. The number of sulfonamides is 1. The molecule has 0 aromatic heterocycles. The second-order valence-electron chi connectivity index (χ2n) is 6.68. The zero-order valence-corrected chi connectivity index (χ0v) is 16.7. The average molecular weight is 402 g/mol. The lowest BCUT2D eigenvalue weighted by atomic mass is 10.1. The molecular formula is C20H22N2O5S. The summed E-state index contributed by atoms with van der Waals surface area (Å²) in [6, 6.07) is 10.5. The molecule has 0 radical (unpaired) electrons. The molecule has 3 rings (SSSR count). The smallest absolute Gasteiger partial charge is 0.267 e. The van der Waals surface area contributed by atoms with Crippen molar-refractivity contribution >= 4 is 27.5 Å². The molecule has 0 spiro atoms. The van der Waals surface area contributed by atoms with Gasteiger partial charge in [0, 0.05) is 12.1 Å². The highest BCUT2D eigenvalue weighted by Crippen LogP contribution is 2.30. The molecule has 28 heavy (non-hydrogen) atoms. The number of para-hydroxylation sites is 1. The fourth-order valence-corrected chi connectivity index (χ4v) is 4.94. The van der Waals surface area contributed by atoms with Crippen molar-refractivity contribution in [3.05, 3.63) is 53.6 Å². The Bertz CT molecular complexity index is 1030. The molecule has 7 nitrogen and oxygen atoms in total. The summed E-state index contributed by atoms with van der Waals surface area (Å²) >= 11 is 0. The zero-order valence-electron chi connectivity index (χ0n) is 15.9. The van der Waals surface area contributed by atoms with Gasteiger partial charge in [0.15, 0.2) is 0 Å². The number of rotatable bonds is 5. The van der Waals surface area contributed by atoms with Crippen LogP contribution in [0.3, 0.4) is 0 Å². The molecule has 2 aromatic carbocycles. The molecule has 0 unspecified atom stereocenters. The van der Waals surface area contributed by atoms with Crippen LogP contribution in [0.5, 0.6) is 5.75 Å². The molecule has 1 fully saturated rings. The summed E-state index contributed by atoms with van der Waals surface area (Å²) in [5.74, 6) is -0.562. The molecule has 0 bridgehead atoms. The maximum atomic E-state index is 13.1. The van der Waals surface area contributed by atoms with Crippen LogP contribution in [0.4, 0.5) is 5.69 Å². The van der Waals surface area contributed by atoms with Gasteiger partial charge in [-0.25, -0.2) is 12.7 Å². The van der Waals surface area contributed by atoms with Gasteiger partial charge < -0.3 is 10.1 Å². The number of hydrogen-bond acceptors (Lipinski definition) is 5. The van der Waals surface area contributed by atoms with Crippen molar-refractivity contribution in [1.29, 1.82) is 0 Å². The largest absolute Gasteiger partial charge is 0.496 e. The number of amides is 2. The van der Waals surface area contributed by atoms with E-state index in [1.165, 1.54) is 25.3 Å². The quantitative estimate of drug-likeness (QED) is 0.830. The predicted molar refractivity (Wildman–Crippen MR) is 105 cm³/mol. The van der Waals surface area contributed by atoms with E-state index < -0.39 is 27.9 Å². The van der Waals surface area contributed by atoms with Crippen LogP contribution >= 0.6 is 0 Å². The van der Waals surface area contributed by atoms with Gasteiger partial charge in [0.2, 0.25) is 11.8 Å². The number of benzene rings is 2. The number of ether oxygens (including phenoxy) is 1. The highest BCUT2D eigenvalue weighted by Gasteiger charge is 2.44. The first-order chi connectivity index (χ1) is 13.3. The summed E-state index contributed by atoms with van der Waals surface area (Å²) in [7, 11) is -2.67. The van der Waals surface area contributed by atoms with E-state index in [1.807, 2.05) is 19.1 Å². The minimum Gasteiger partial charge on any atom is -0.496 e. The fourth-order valence-electron chi connectivity index (χ4n) is 3.25. The molecule has 2 aromatic rings. The second-order valence-corrected chi connectivity index (χ2v) is 8.50. The van der Waals surface area contributed by atoms with Gasteiger partial charge in [0.05, 0.1) is 12.0 Å². The molecular weight excluding hydrogens is 380 g/mol. The van der Waals surface area contributed by atoms with Crippen molar-refractivity contribution in [2.75, 3.05) is 12.4 Å². The molecule has 148 valence electrons. The van der Waals surface area contributed by atoms with Crippen LogP contribution in [0.15, 0.2) is 47.4 Å². The summed E-state index contributed by atoms with van der Waals surface area (Å²) in [4.78, 5) is 25.1.